The van der Waals surface area contributed by atoms with Crippen molar-refractivity contribution < 1.29 is 0 Å². The largest absolute Gasteiger partial charge is 0.0835 e. The van der Waals surface area contributed by atoms with Crippen molar-refractivity contribution in [2.75, 3.05) is 0 Å². The summed E-state index contributed by atoms with van der Waals surface area (Å²) in [5.74, 6) is 0. The molecule has 0 bridgehead atoms. The van der Waals surface area contributed by atoms with Crippen LogP contribution in [-0.4, -0.2) is 0 Å². The Labute approximate surface area is 130 Å². The van der Waals surface area contributed by atoms with Crippen molar-refractivity contribution >= 4 is 15.9 Å². The van der Waals surface area contributed by atoms with E-state index in [0.29, 0.717) is 4.83 Å². The zero-order valence-corrected chi connectivity index (χ0v) is 13.6. The molecule has 0 aromatic heterocycles. The van der Waals surface area contributed by atoms with Crippen molar-refractivity contribution in [1.82, 2.24) is 0 Å². The van der Waals surface area contributed by atoms with E-state index in [4.69, 9.17) is 0 Å². The Bertz CT molecular complexity index is 600. The van der Waals surface area contributed by atoms with Gasteiger partial charge in [-0.25, -0.2) is 0 Å². The summed E-state index contributed by atoms with van der Waals surface area (Å²) in [7, 11) is 0. The van der Waals surface area contributed by atoms with Gasteiger partial charge in [-0.2, -0.15) is 0 Å². The first-order valence-electron chi connectivity index (χ1n) is 7.54. The van der Waals surface area contributed by atoms with Crippen molar-refractivity contribution in [3.8, 4) is 0 Å². The number of halogens is 1. The van der Waals surface area contributed by atoms with Crippen LogP contribution >= 0.6 is 15.9 Å². The molecule has 0 radical (unpaired) electrons. The van der Waals surface area contributed by atoms with E-state index >= 15 is 0 Å². The molecule has 2 aromatic rings. The molecule has 0 spiro atoms. The molecule has 1 atom stereocenters. The van der Waals surface area contributed by atoms with Gasteiger partial charge in [-0.1, -0.05) is 64.0 Å². The Morgan fingerprint density at radius 2 is 1.80 bits per heavy atom. The molecule has 0 nitrogen and oxygen atoms in total. The van der Waals surface area contributed by atoms with Gasteiger partial charge in [-0.05, 0) is 61.3 Å². The van der Waals surface area contributed by atoms with E-state index in [1.165, 1.54) is 42.4 Å². The number of rotatable bonds is 3. The Morgan fingerprint density at radius 3 is 2.60 bits per heavy atom. The van der Waals surface area contributed by atoms with E-state index < -0.39 is 0 Å². The van der Waals surface area contributed by atoms with Crippen LogP contribution in [0.15, 0.2) is 42.5 Å². The average molecular weight is 329 g/mol. The molecule has 1 aliphatic rings. The van der Waals surface area contributed by atoms with Gasteiger partial charge in [0.25, 0.3) is 0 Å². The Hall–Kier alpha value is -1.08. The minimum absolute atomic E-state index is 0.413. The summed E-state index contributed by atoms with van der Waals surface area (Å²) in [5.41, 5.74) is 7.31. The molecule has 20 heavy (non-hydrogen) atoms. The number of benzene rings is 2. The lowest BCUT2D eigenvalue weighted by atomic mass is 9.89. The van der Waals surface area contributed by atoms with Crippen molar-refractivity contribution in [2.45, 2.75) is 43.9 Å². The fraction of sp³-hybridized carbons (Fsp3) is 0.368. The topological polar surface area (TPSA) is 0 Å². The number of aryl methyl sites for hydroxylation is 3. The van der Waals surface area contributed by atoms with Crippen molar-refractivity contribution in [3.63, 3.8) is 0 Å². The molecule has 1 aliphatic carbocycles. The molecule has 0 amide bonds. The minimum atomic E-state index is 0.413. The third-order valence-corrected chi connectivity index (χ3v) is 5.08. The monoisotopic (exact) mass is 328 g/mol. The lowest BCUT2D eigenvalue weighted by molar-refractivity contribution is 0.684. The zero-order valence-electron chi connectivity index (χ0n) is 12.0. The summed E-state index contributed by atoms with van der Waals surface area (Å²) < 4.78 is 0. The van der Waals surface area contributed by atoms with Crippen LogP contribution in [0.5, 0.6) is 0 Å². The highest BCUT2D eigenvalue weighted by Gasteiger charge is 2.13. The molecule has 0 heterocycles. The van der Waals surface area contributed by atoms with Crippen LogP contribution in [0.2, 0.25) is 0 Å². The maximum atomic E-state index is 3.88. The van der Waals surface area contributed by atoms with Gasteiger partial charge in [0.1, 0.15) is 0 Å². The van der Waals surface area contributed by atoms with Gasteiger partial charge in [0.2, 0.25) is 0 Å². The Kier molecular flexibility index (Phi) is 4.26. The summed E-state index contributed by atoms with van der Waals surface area (Å²) in [6.45, 7) is 2.16. The maximum absolute atomic E-state index is 3.88. The Balaban J connectivity index is 1.78. The van der Waals surface area contributed by atoms with Gasteiger partial charge in [-0.3, -0.25) is 0 Å². The summed E-state index contributed by atoms with van der Waals surface area (Å²) >= 11 is 3.88. The van der Waals surface area contributed by atoms with Gasteiger partial charge in [0.15, 0.2) is 0 Å². The summed E-state index contributed by atoms with van der Waals surface area (Å²) in [6.07, 6.45) is 6.28. The number of alkyl halides is 1. The van der Waals surface area contributed by atoms with Crippen LogP contribution < -0.4 is 0 Å². The van der Waals surface area contributed by atoms with E-state index in [2.05, 4.69) is 65.3 Å². The standard InChI is InChI=1S/C19H21Br/c1-14-5-4-6-15(11-14)12-19(20)18-10-9-16-7-2-3-8-17(16)13-18/h4-6,9-11,13,19H,2-3,7-8,12H2,1H3. The lowest BCUT2D eigenvalue weighted by Gasteiger charge is -2.18. The lowest BCUT2D eigenvalue weighted by Crippen LogP contribution is -2.04. The molecule has 2 aromatic carbocycles. The van der Waals surface area contributed by atoms with Gasteiger partial charge in [0.05, 0.1) is 0 Å². The fourth-order valence-electron chi connectivity index (χ4n) is 3.11. The first-order chi connectivity index (χ1) is 9.72. The summed E-state index contributed by atoms with van der Waals surface area (Å²) in [5, 5.41) is 0. The smallest absolute Gasteiger partial charge is 0.0435 e. The van der Waals surface area contributed by atoms with Gasteiger partial charge >= 0.3 is 0 Å². The van der Waals surface area contributed by atoms with Crippen molar-refractivity contribution in [2.24, 2.45) is 0 Å². The molecule has 3 rings (SSSR count). The van der Waals surface area contributed by atoms with Crippen LogP contribution in [0.25, 0.3) is 0 Å². The fourth-order valence-corrected chi connectivity index (χ4v) is 3.77. The highest BCUT2D eigenvalue weighted by Crippen LogP contribution is 2.31. The van der Waals surface area contributed by atoms with E-state index in [1.807, 2.05) is 0 Å². The maximum Gasteiger partial charge on any atom is 0.0435 e. The second-order valence-electron chi connectivity index (χ2n) is 5.90. The second-order valence-corrected chi connectivity index (χ2v) is 7.00. The van der Waals surface area contributed by atoms with E-state index in [-0.39, 0.29) is 0 Å². The molecule has 0 saturated heterocycles. The van der Waals surface area contributed by atoms with Gasteiger partial charge < -0.3 is 0 Å². The van der Waals surface area contributed by atoms with E-state index in [0.717, 1.165) is 6.42 Å². The van der Waals surface area contributed by atoms with Crippen LogP contribution in [0, 0.1) is 6.92 Å². The predicted molar refractivity (Wildman–Crippen MR) is 89.6 cm³/mol. The molecular weight excluding hydrogens is 308 g/mol. The first kappa shape index (κ1) is 13.9. The molecule has 1 unspecified atom stereocenters. The molecule has 0 N–H and O–H groups in total. The van der Waals surface area contributed by atoms with Crippen LogP contribution in [0.4, 0.5) is 0 Å². The second kappa shape index (κ2) is 6.13. The number of hydrogen-bond acceptors (Lipinski definition) is 0. The number of hydrogen-bond donors (Lipinski definition) is 0. The minimum Gasteiger partial charge on any atom is -0.0835 e. The molecular formula is C19H21Br. The van der Waals surface area contributed by atoms with Crippen LogP contribution in [0.3, 0.4) is 0 Å². The number of fused-ring (bicyclic) bond motifs is 1. The first-order valence-corrected chi connectivity index (χ1v) is 8.45. The normalized spacial score (nSPS) is 15.7. The third kappa shape index (κ3) is 3.15. The Morgan fingerprint density at radius 1 is 1.00 bits per heavy atom. The average Bonchev–Trinajstić information content (AvgIpc) is 2.47. The van der Waals surface area contributed by atoms with Crippen molar-refractivity contribution in [3.05, 3.63) is 70.3 Å². The molecule has 0 fully saturated rings. The summed E-state index contributed by atoms with van der Waals surface area (Å²) in [6, 6.07) is 15.9. The molecule has 1 heteroatoms. The van der Waals surface area contributed by atoms with Gasteiger partial charge in [0, 0.05) is 4.83 Å². The van der Waals surface area contributed by atoms with Gasteiger partial charge in [-0.15, -0.1) is 0 Å². The third-order valence-electron chi connectivity index (χ3n) is 4.23. The SMILES string of the molecule is Cc1cccc(CC(Br)c2ccc3c(c2)CCCC3)c1. The zero-order chi connectivity index (χ0) is 13.9. The van der Waals surface area contributed by atoms with E-state index in [9.17, 15) is 0 Å². The summed E-state index contributed by atoms with van der Waals surface area (Å²) in [4.78, 5) is 0.413. The molecule has 0 aliphatic heterocycles. The van der Waals surface area contributed by atoms with E-state index in [1.54, 1.807) is 11.1 Å². The highest BCUT2D eigenvalue weighted by molar-refractivity contribution is 9.09. The molecule has 104 valence electrons. The quantitative estimate of drug-likeness (QED) is 0.648. The van der Waals surface area contributed by atoms with Crippen LogP contribution in [-0.2, 0) is 19.3 Å². The highest BCUT2D eigenvalue weighted by atomic mass is 79.9. The molecule has 0 saturated carbocycles. The van der Waals surface area contributed by atoms with Crippen molar-refractivity contribution in [1.29, 1.82) is 0 Å². The predicted octanol–water partition coefficient (Wildman–Crippen LogP) is 5.55. The van der Waals surface area contributed by atoms with Crippen LogP contribution in [0.1, 0.15) is 45.5 Å².